The molecule has 1 aliphatic rings. The van der Waals surface area contributed by atoms with Gasteiger partial charge in [0, 0.05) is 6.04 Å². The first-order valence-corrected chi connectivity index (χ1v) is 8.04. The van der Waals surface area contributed by atoms with Gasteiger partial charge < -0.3 is 10.1 Å². The maximum Gasteiger partial charge on any atom is 0.119 e. The first kappa shape index (κ1) is 15.4. The summed E-state index contributed by atoms with van der Waals surface area (Å²) in [4.78, 5) is 0. The van der Waals surface area contributed by atoms with E-state index >= 15 is 0 Å². The lowest BCUT2D eigenvalue weighted by Crippen LogP contribution is -2.38. The third-order valence-electron chi connectivity index (χ3n) is 4.60. The highest BCUT2D eigenvalue weighted by Gasteiger charge is 2.29. The van der Waals surface area contributed by atoms with Gasteiger partial charge in [0.2, 0.25) is 0 Å². The molecule has 2 nitrogen and oxygen atoms in total. The summed E-state index contributed by atoms with van der Waals surface area (Å²) in [5, 5.41) is 3.52. The predicted octanol–water partition coefficient (Wildman–Crippen LogP) is 4.12. The molecule has 1 aromatic carbocycles. The normalized spacial score (nSPS) is 28.1. The highest BCUT2D eigenvalue weighted by molar-refractivity contribution is 5.20. The predicted molar refractivity (Wildman–Crippen MR) is 85.1 cm³/mol. The Bertz CT molecular complexity index is 368. The van der Waals surface area contributed by atoms with E-state index in [1.165, 1.54) is 19.3 Å². The average molecular weight is 275 g/mol. The Morgan fingerprint density at radius 2 is 1.75 bits per heavy atom. The number of hydrogen-bond donors (Lipinski definition) is 1. The van der Waals surface area contributed by atoms with Gasteiger partial charge in [0.05, 0.1) is 6.61 Å². The maximum absolute atomic E-state index is 5.84. The Morgan fingerprint density at radius 3 is 2.35 bits per heavy atom. The molecule has 1 fully saturated rings. The lowest BCUT2D eigenvalue weighted by atomic mass is 9.73. The van der Waals surface area contributed by atoms with Crippen LogP contribution < -0.4 is 10.1 Å². The van der Waals surface area contributed by atoms with Crippen LogP contribution in [0.2, 0.25) is 0 Å². The van der Waals surface area contributed by atoms with Crippen LogP contribution in [0, 0.1) is 17.8 Å². The van der Waals surface area contributed by atoms with E-state index in [0.717, 1.165) is 36.5 Å². The van der Waals surface area contributed by atoms with Gasteiger partial charge in [-0.15, -0.1) is 0 Å². The van der Waals surface area contributed by atoms with Crippen molar-refractivity contribution in [2.24, 2.45) is 17.8 Å². The standard InChI is InChI=1S/C18H29NO/c1-14-11-15(2)13-16(12-14)18(19-3)9-10-20-17-7-5-4-6-8-17/h4-8,14-16,18-19H,9-13H2,1-3H3. The average Bonchev–Trinajstić information content (AvgIpc) is 2.43. The maximum atomic E-state index is 5.84. The largest absolute Gasteiger partial charge is 0.494 e. The van der Waals surface area contributed by atoms with Crippen LogP contribution in [0.3, 0.4) is 0 Å². The summed E-state index contributed by atoms with van der Waals surface area (Å²) in [6, 6.07) is 10.7. The fourth-order valence-electron chi connectivity index (χ4n) is 3.77. The van der Waals surface area contributed by atoms with E-state index in [0.29, 0.717) is 6.04 Å². The molecule has 112 valence electrons. The Balaban J connectivity index is 1.80. The van der Waals surface area contributed by atoms with Gasteiger partial charge in [-0.1, -0.05) is 32.0 Å². The highest BCUT2D eigenvalue weighted by Crippen LogP contribution is 2.35. The third-order valence-corrected chi connectivity index (χ3v) is 4.60. The van der Waals surface area contributed by atoms with Crippen LogP contribution in [0.15, 0.2) is 30.3 Å². The van der Waals surface area contributed by atoms with Crippen molar-refractivity contribution in [1.82, 2.24) is 5.32 Å². The molecule has 3 atom stereocenters. The Kier molecular flexibility index (Phi) is 5.90. The van der Waals surface area contributed by atoms with E-state index in [9.17, 15) is 0 Å². The van der Waals surface area contributed by atoms with Crippen molar-refractivity contribution < 1.29 is 4.74 Å². The van der Waals surface area contributed by atoms with Gasteiger partial charge in [0.25, 0.3) is 0 Å². The van der Waals surface area contributed by atoms with Gasteiger partial charge in [-0.2, -0.15) is 0 Å². The number of rotatable bonds is 6. The minimum absolute atomic E-state index is 0.587. The van der Waals surface area contributed by atoms with Crippen molar-refractivity contribution in [2.45, 2.75) is 45.6 Å². The third kappa shape index (κ3) is 4.52. The highest BCUT2D eigenvalue weighted by atomic mass is 16.5. The van der Waals surface area contributed by atoms with Gasteiger partial charge in [-0.3, -0.25) is 0 Å². The van der Waals surface area contributed by atoms with Crippen LogP contribution >= 0.6 is 0 Å². The summed E-state index contributed by atoms with van der Waals surface area (Å²) >= 11 is 0. The van der Waals surface area contributed by atoms with Crippen LogP contribution in [0.1, 0.15) is 39.5 Å². The van der Waals surface area contributed by atoms with Gasteiger partial charge in [-0.05, 0) is 62.6 Å². The van der Waals surface area contributed by atoms with E-state index in [1.807, 2.05) is 30.3 Å². The molecule has 1 N–H and O–H groups in total. The number of hydrogen-bond acceptors (Lipinski definition) is 2. The SMILES string of the molecule is CNC(CCOc1ccccc1)C1CC(C)CC(C)C1. The molecular formula is C18H29NO. The van der Waals surface area contributed by atoms with Gasteiger partial charge >= 0.3 is 0 Å². The zero-order valence-corrected chi connectivity index (χ0v) is 13.1. The quantitative estimate of drug-likeness (QED) is 0.843. The van der Waals surface area contributed by atoms with Crippen molar-refractivity contribution in [1.29, 1.82) is 0 Å². The molecule has 20 heavy (non-hydrogen) atoms. The minimum atomic E-state index is 0.587. The second kappa shape index (κ2) is 7.68. The van der Waals surface area contributed by atoms with Gasteiger partial charge in [-0.25, -0.2) is 0 Å². The lowest BCUT2D eigenvalue weighted by Gasteiger charge is -2.36. The fourth-order valence-corrected chi connectivity index (χ4v) is 3.77. The second-order valence-corrected chi connectivity index (χ2v) is 6.52. The molecule has 1 aromatic rings. The number of para-hydroxylation sites is 1. The first-order chi connectivity index (χ1) is 9.69. The van der Waals surface area contributed by atoms with E-state index < -0.39 is 0 Å². The zero-order valence-electron chi connectivity index (χ0n) is 13.1. The fraction of sp³-hybridized carbons (Fsp3) is 0.667. The van der Waals surface area contributed by atoms with Crippen LogP contribution in [0.4, 0.5) is 0 Å². The monoisotopic (exact) mass is 275 g/mol. The van der Waals surface area contributed by atoms with Crippen LogP contribution in [-0.4, -0.2) is 19.7 Å². The summed E-state index contributed by atoms with van der Waals surface area (Å²) in [7, 11) is 2.09. The van der Waals surface area contributed by atoms with E-state index in [4.69, 9.17) is 4.74 Å². The summed E-state index contributed by atoms with van der Waals surface area (Å²) in [5.41, 5.74) is 0. The first-order valence-electron chi connectivity index (χ1n) is 8.04. The molecule has 0 aliphatic heterocycles. The number of nitrogens with one attached hydrogen (secondary N) is 1. The topological polar surface area (TPSA) is 21.3 Å². The second-order valence-electron chi connectivity index (χ2n) is 6.52. The van der Waals surface area contributed by atoms with Gasteiger partial charge in [0.1, 0.15) is 5.75 Å². The summed E-state index contributed by atoms with van der Waals surface area (Å²) in [6.45, 7) is 5.60. The zero-order chi connectivity index (χ0) is 14.4. The molecule has 2 rings (SSSR count). The molecule has 0 spiro atoms. The molecule has 0 aromatic heterocycles. The Hall–Kier alpha value is -1.02. The molecule has 0 amide bonds. The van der Waals surface area contributed by atoms with Crippen molar-refractivity contribution >= 4 is 0 Å². The van der Waals surface area contributed by atoms with E-state index in [2.05, 4.69) is 26.2 Å². The number of benzene rings is 1. The van der Waals surface area contributed by atoms with E-state index in [1.54, 1.807) is 0 Å². The van der Waals surface area contributed by atoms with E-state index in [-0.39, 0.29) is 0 Å². The van der Waals surface area contributed by atoms with Crippen LogP contribution in [0.5, 0.6) is 5.75 Å². The van der Waals surface area contributed by atoms with Crippen molar-refractivity contribution in [3.05, 3.63) is 30.3 Å². The van der Waals surface area contributed by atoms with Crippen LogP contribution in [-0.2, 0) is 0 Å². The van der Waals surface area contributed by atoms with Gasteiger partial charge in [0.15, 0.2) is 0 Å². The molecule has 1 aliphatic carbocycles. The van der Waals surface area contributed by atoms with Crippen molar-refractivity contribution in [2.75, 3.05) is 13.7 Å². The molecule has 0 radical (unpaired) electrons. The summed E-state index contributed by atoms with van der Waals surface area (Å²) < 4.78 is 5.84. The molecule has 0 heterocycles. The molecule has 1 saturated carbocycles. The smallest absolute Gasteiger partial charge is 0.119 e. The molecule has 2 heteroatoms. The molecular weight excluding hydrogens is 246 g/mol. The minimum Gasteiger partial charge on any atom is -0.494 e. The summed E-state index contributed by atoms with van der Waals surface area (Å²) in [6.07, 6.45) is 5.21. The summed E-state index contributed by atoms with van der Waals surface area (Å²) in [5.74, 6) is 3.52. The molecule has 3 unspecified atom stereocenters. The molecule has 0 bridgehead atoms. The molecule has 0 saturated heterocycles. The van der Waals surface area contributed by atoms with Crippen molar-refractivity contribution in [3.63, 3.8) is 0 Å². The van der Waals surface area contributed by atoms with Crippen molar-refractivity contribution in [3.8, 4) is 5.75 Å². The number of ether oxygens (including phenoxy) is 1. The Morgan fingerprint density at radius 1 is 1.10 bits per heavy atom. The lowest BCUT2D eigenvalue weighted by molar-refractivity contribution is 0.161. The van der Waals surface area contributed by atoms with Crippen LogP contribution in [0.25, 0.3) is 0 Å². The Labute approximate surface area is 123 Å².